The van der Waals surface area contributed by atoms with Crippen molar-refractivity contribution in [3.63, 3.8) is 0 Å². The van der Waals surface area contributed by atoms with Crippen molar-refractivity contribution in [1.82, 2.24) is 14.9 Å². The quantitative estimate of drug-likeness (QED) is 0.723. The van der Waals surface area contributed by atoms with Crippen LogP contribution in [-0.4, -0.2) is 28.6 Å². The van der Waals surface area contributed by atoms with Gasteiger partial charge in [-0.05, 0) is 37.5 Å². The molecule has 0 spiro atoms. The van der Waals surface area contributed by atoms with Crippen LogP contribution in [0.2, 0.25) is 0 Å². The van der Waals surface area contributed by atoms with Crippen LogP contribution in [0.4, 0.5) is 0 Å². The van der Waals surface area contributed by atoms with E-state index < -0.39 is 0 Å². The molecule has 3 rings (SSSR count). The van der Waals surface area contributed by atoms with Crippen molar-refractivity contribution in [3.8, 4) is 5.75 Å². The number of aromatic nitrogens is 2. The Bertz CT molecular complexity index is 844. The average molecular weight is 371 g/mol. The van der Waals surface area contributed by atoms with E-state index in [1.807, 2.05) is 0 Å². The number of rotatable bonds is 8. The third-order valence-corrected chi connectivity index (χ3v) is 5.01. The highest BCUT2D eigenvalue weighted by Crippen LogP contribution is 2.19. The van der Waals surface area contributed by atoms with Gasteiger partial charge in [-0.3, -0.25) is 14.2 Å². The van der Waals surface area contributed by atoms with Crippen molar-refractivity contribution in [2.24, 2.45) is 0 Å². The van der Waals surface area contributed by atoms with Gasteiger partial charge in [-0.15, -0.1) is 0 Å². The summed E-state index contributed by atoms with van der Waals surface area (Å²) in [4.78, 5) is 29.4. The number of hydrogen-bond donors (Lipinski definition) is 1. The van der Waals surface area contributed by atoms with E-state index >= 15 is 0 Å². The molecule has 0 fully saturated rings. The predicted molar refractivity (Wildman–Crippen MR) is 106 cm³/mol. The van der Waals surface area contributed by atoms with Gasteiger partial charge in [-0.2, -0.15) is 0 Å². The number of nitrogens with zero attached hydrogens (tertiary/aromatic N) is 2. The smallest absolute Gasteiger partial charge is 0.261 e. The van der Waals surface area contributed by atoms with E-state index in [0.29, 0.717) is 23.2 Å². The second-order valence-electron chi connectivity index (χ2n) is 7.17. The van der Waals surface area contributed by atoms with Crippen molar-refractivity contribution in [1.29, 1.82) is 0 Å². The average Bonchev–Trinajstić information content (AvgIpc) is 2.92. The first kappa shape index (κ1) is 19.4. The van der Waals surface area contributed by atoms with Crippen LogP contribution in [0, 0.1) is 0 Å². The first-order chi connectivity index (χ1) is 13.2. The SMILES string of the molecule is CCCCCCNC(=O)COc1ccc2nc3n(c(=O)c2c1)CCCCC3. The Kier molecular flexibility index (Phi) is 6.85. The minimum atomic E-state index is -0.136. The van der Waals surface area contributed by atoms with Gasteiger partial charge in [0, 0.05) is 19.5 Å². The Balaban J connectivity index is 1.63. The van der Waals surface area contributed by atoms with Crippen LogP contribution in [0.1, 0.15) is 57.7 Å². The maximum Gasteiger partial charge on any atom is 0.261 e. The first-order valence-electron chi connectivity index (χ1n) is 10.1. The van der Waals surface area contributed by atoms with Crippen molar-refractivity contribution in [2.75, 3.05) is 13.2 Å². The molecular formula is C21H29N3O3. The molecule has 0 radical (unpaired) electrons. The largest absolute Gasteiger partial charge is 0.484 e. The monoisotopic (exact) mass is 371 g/mol. The summed E-state index contributed by atoms with van der Waals surface area (Å²) in [6.07, 6.45) is 8.55. The molecule has 0 saturated heterocycles. The maximum atomic E-state index is 12.8. The second-order valence-corrected chi connectivity index (χ2v) is 7.17. The third kappa shape index (κ3) is 5.08. The zero-order valence-electron chi connectivity index (χ0n) is 16.1. The highest BCUT2D eigenvalue weighted by Gasteiger charge is 2.14. The lowest BCUT2D eigenvalue weighted by Crippen LogP contribution is -2.29. The van der Waals surface area contributed by atoms with Gasteiger partial charge < -0.3 is 10.1 Å². The Hall–Kier alpha value is -2.37. The summed E-state index contributed by atoms with van der Waals surface area (Å²) in [5.74, 6) is 1.26. The summed E-state index contributed by atoms with van der Waals surface area (Å²) < 4.78 is 7.38. The van der Waals surface area contributed by atoms with Gasteiger partial charge in [0.1, 0.15) is 11.6 Å². The van der Waals surface area contributed by atoms with Crippen molar-refractivity contribution in [2.45, 2.75) is 64.8 Å². The number of ether oxygens (including phenoxy) is 1. The van der Waals surface area contributed by atoms with Crippen LogP contribution in [0.15, 0.2) is 23.0 Å². The first-order valence-corrected chi connectivity index (χ1v) is 10.1. The van der Waals surface area contributed by atoms with Gasteiger partial charge in [0.15, 0.2) is 6.61 Å². The molecule has 0 atom stereocenters. The van der Waals surface area contributed by atoms with E-state index in [-0.39, 0.29) is 18.1 Å². The normalized spacial score (nSPS) is 13.8. The highest BCUT2D eigenvalue weighted by atomic mass is 16.5. The lowest BCUT2D eigenvalue weighted by Gasteiger charge is -2.11. The zero-order valence-corrected chi connectivity index (χ0v) is 16.1. The lowest BCUT2D eigenvalue weighted by atomic mass is 10.2. The Morgan fingerprint density at radius 2 is 2.11 bits per heavy atom. The molecule has 2 aromatic rings. The number of amides is 1. The number of nitrogens with one attached hydrogen (secondary N) is 1. The van der Waals surface area contributed by atoms with E-state index in [2.05, 4.69) is 17.2 Å². The number of fused-ring (bicyclic) bond motifs is 2. The fraction of sp³-hybridized carbons (Fsp3) is 0.571. The van der Waals surface area contributed by atoms with Gasteiger partial charge in [0.2, 0.25) is 0 Å². The molecule has 0 bridgehead atoms. The molecule has 0 unspecified atom stereocenters. The minimum absolute atomic E-state index is 0.0114. The van der Waals surface area contributed by atoms with E-state index in [0.717, 1.165) is 50.9 Å². The van der Waals surface area contributed by atoms with Crippen LogP contribution in [-0.2, 0) is 17.8 Å². The van der Waals surface area contributed by atoms with E-state index in [1.54, 1.807) is 22.8 Å². The van der Waals surface area contributed by atoms with Gasteiger partial charge >= 0.3 is 0 Å². The molecule has 2 heterocycles. The number of carbonyl (C=O) groups excluding carboxylic acids is 1. The van der Waals surface area contributed by atoms with Crippen LogP contribution in [0.5, 0.6) is 5.75 Å². The molecular weight excluding hydrogens is 342 g/mol. The molecule has 0 saturated carbocycles. The van der Waals surface area contributed by atoms with Gasteiger partial charge in [0.05, 0.1) is 10.9 Å². The van der Waals surface area contributed by atoms with Crippen LogP contribution in [0.3, 0.4) is 0 Å². The summed E-state index contributed by atoms with van der Waals surface area (Å²) in [6, 6.07) is 5.29. The summed E-state index contributed by atoms with van der Waals surface area (Å²) in [6.45, 7) is 3.52. The molecule has 6 heteroatoms. The van der Waals surface area contributed by atoms with Crippen LogP contribution < -0.4 is 15.6 Å². The Morgan fingerprint density at radius 3 is 2.96 bits per heavy atom. The fourth-order valence-electron chi connectivity index (χ4n) is 3.47. The second kappa shape index (κ2) is 9.53. The fourth-order valence-corrected chi connectivity index (χ4v) is 3.47. The van der Waals surface area contributed by atoms with Crippen molar-refractivity contribution >= 4 is 16.8 Å². The highest BCUT2D eigenvalue weighted by molar-refractivity contribution is 5.80. The molecule has 1 aliphatic rings. The summed E-state index contributed by atoms with van der Waals surface area (Å²) in [5.41, 5.74) is 0.684. The molecule has 1 aliphatic heterocycles. The number of carbonyl (C=O) groups is 1. The zero-order chi connectivity index (χ0) is 19.1. The van der Waals surface area contributed by atoms with Crippen LogP contribution >= 0.6 is 0 Å². The third-order valence-electron chi connectivity index (χ3n) is 5.01. The topological polar surface area (TPSA) is 73.2 Å². The molecule has 1 amide bonds. The molecule has 27 heavy (non-hydrogen) atoms. The molecule has 146 valence electrons. The van der Waals surface area contributed by atoms with E-state index in [1.165, 1.54) is 12.8 Å². The Morgan fingerprint density at radius 1 is 1.22 bits per heavy atom. The minimum Gasteiger partial charge on any atom is -0.484 e. The molecule has 1 aromatic heterocycles. The van der Waals surface area contributed by atoms with Crippen molar-refractivity contribution in [3.05, 3.63) is 34.4 Å². The molecule has 0 aliphatic carbocycles. The van der Waals surface area contributed by atoms with Crippen molar-refractivity contribution < 1.29 is 9.53 Å². The van der Waals surface area contributed by atoms with Gasteiger partial charge in [0.25, 0.3) is 11.5 Å². The Labute approximate surface area is 159 Å². The summed E-state index contributed by atoms with van der Waals surface area (Å²) in [7, 11) is 0. The summed E-state index contributed by atoms with van der Waals surface area (Å²) in [5, 5.41) is 3.42. The molecule has 1 aromatic carbocycles. The molecule has 6 nitrogen and oxygen atoms in total. The summed E-state index contributed by atoms with van der Waals surface area (Å²) >= 11 is 0. The van der Waals surface area contributed by atoms with Crippen LogP contribution in [0.25, 0.3) is 10.9 Å². The van der Waals surface area contributed by atoms with Gasteiger partial charge in [-0.1, -0.05) is 32.6 Å². The standard InChI is InChI=1S/C21H29N3O3/c1-2-3-4-7-12-22-20(25)15-27-16-10-11-18-17(14-16)21(26)24-13-8-5-6-9-19(24)23-18/h10-11,14H,2-9,12-13,15H2,1H3,(H,22,25). The number of benzene rings is 1. The van der Waals surface area contributed by atoms with Gasteiger partial charge in [-0.25, -0.2) is 4.98 Å². The van der Waals surface area contributed by atoms with E-state index in [4.69, 9.17) is 4.74 Å². The number of unbranched alkanes of at least 4 members (excludes halogenated alkanes) is 3. The predicted octanol–water partition coefficient (Wildman–Crippen LogP) is 3.20. The number of hydrogen-bond acceptors (Lipinski definition) is 4. The number of aryl methyl sites for hydroxylation is 1. The maximum absolute atomic E-state index is 12.8. The lowest BCUT2D eigenvalue weighted by molar-refractivity contribution is -0.123. The van der Waals surface area contributed by atoms with E-state index in [9.17, 15) is 9.59 Å². The molecule has 1 N–H and O–H groups in total.